The van der Waals surface area contributed by atoms with E-state index >= 15 is 0 Å². The topological polar surface area (TPSA) is 30.8 Å². The second-order valence-corrected chi connectivity index (χ2v) is 7.29. The van der Waals surface area contributed by atoms with Crippen molar-refractivity contribution in [2.24, 2.45) is 4.99 Å². The number of halogens is 2. The Hall–Kier alpha value is -2.30. The molecular formula is C22H19BrClNO2. The Kier molecular flexibility index (Phi) is 6.54. The predicted molar refractivity (Wildman–Crippen MR) is 115 cm³/mol. The van der Waals surface area contributed by atoms with Crippen molar-refractivity contribution in [2.45, 2.75) is 13.5 Å². The summed E-state index contributed by atoms with van der Waals surface area (Å²) in [6.45, 7) is 2.43. The van der Waals surface area contributed by atoms with Crippen LogP contribution < -0.4 is 9.47 Å². The van der Waals surface area contributed by atoms with Crippen LogP contribution in [0.4, 0.5) is 5.69 Å². The van der Waals surface area contributed by atoms with E-state index in [-0.39, 0.29) is 0 Å². The van der Waals surface area contributed by atoms with Crippen LogP contribution in [0, 0.1) is 6.92 Å². The van der Waals surface area contributed by atoms with Gasteiger partial charge in [-0.1, -0.05) is 41.9 Å². The number of methoxy groups -OCH3 is 1. The molecule has 27 heavy (non-hydrogen) atoms. The Balaban J connectivity index is 1.81. The van der Waals surface area contributed by atoms with Crippen LogP contribution >= 0.6 is 27.5 Å². The van der Waals surface area contributed by atoms with Crippen molar-refractivity contribution in [1.29, 1.82) is 0 Å². The zero-order valence-electron chi connectivity index (χ0n) is 15.1. The first kappa shape index (κ1) is 19.5. The van der Waals surface area contributed by atoms with Crippen LogP contribution in [-0.4, -0.2) is 13.3 Å². The number of rotatable bonds is 6. The number of para-hydroxylation sites is 1. The lowest BCUT2D eigenvalue weighted by atomic mass is 10.2. The smallest absolute Gasteiger partial charge is 0.175 e. The van der Waals surface area contributed by atoms with Crippen molar-refractivity contribution in [2.75, 3.05) is 7.11 Å². The highest BCUT2D eigenvalue weighted by atomic mass is 79.9. The molecule has 0 fully saturated rings. The lowest BCUT2D eigenvalue weighted by Crippen LogP contribution is -1.99. The Morgan fingerprint density at radius 1 is 1.07 bits per heavy atom. The maximum atomic E-state index is 6.03. The number of aliphatic imine (C=N–C) groups is 1. The van der Waals surface area contributed by atoms with Gasteiger partial charge in [0, 0.05) is 11.2 Å². The van der Waals surface area contributed by atoms with Crippen molar-refractivity contribution in [3.63, 3.8) is 0 Å². The van der Waals surface area contributed by atoms with Gasteiger partial charge in [0.15, 0.2) is 11.5 Å². The molecule has 0 aromatic heterocycles. The van der Waals surface area contributed by atoms with Gasteiger partial charge in [0.2, 0.25) is 0 Å². The van der Waals surface area contributed by atoms with Crippen LogP contribution in [0.2, 0.25) is 5.02 Å². The summed E-state index contributed by atoms with van der Waals surface area (Å²) >= 11 is 9.60. The van der Waals surface area contributed by atoms with Gasteiger partial charge in [0.05, 0.1) is 17.3 Å². The van der Waals surface area contributed by atoms with E-state index in [4.69, 9.17) is 21.1 Å². The number of hydrogen-bond donors (Lipinski definition) is 0. The molecule has 0 aliphatic rings. The molecule has 138 valence electrons. The van der Waals surface area contributed by atoms with Gasteiger partial charge < -0.3 is 9.47 Å². The maximum Gasteiger partial charge on any atom is 0.175 e. The molecule has 0 saturated carbocycles. The van der Waals surface area contributed by atoms with Crippen molar-refractivity contribution < 1.29 is 9.47 Å². The van der Waals surface area contributed by atoms with Crippen LogP contribution in [0.1, 0.15) is 16.7 Å². The molecule has 3 nitrogen and oxygen atoms in total. The third-order valence-corrected chi connectivity index (χ3v) is 4.82. The summed E-state index contributed by atoms with van der Waals surface area (Å²) in [5.74, 6) is 1.28. The second kappa shape index (κ2) is 9.07. The molecular weight excluding hydrogens is 426 g/mol. The summed E-state index contributed by atoms with van der Waals surface area (Å²) < 4.78 is 12.3. The zero-order chi connectivity index (χ0) is 19.2. The Morgan fingerprint density at radius 2 is 1.89 bits per heavy atom. The van der Waals surface area contributed by atoms with Crippen molar-refractivity contribution in [3.8, 4) is 11.5 Å². The van der Waals surface area contributed by atoms with E-state index in [0.29, 0.717) is 23.1 Å². The lowest BCUT2D eigenvalue weighted by Gasteiger charge is -2.13. The molecule has 0 spiro atoms. The average Bonchev–Trinajstić information content (AvgIpc) is 2.66. The summed E-state index contributed by atoms with van der Waals surface area (Å²) in [7, 11) is 1.62. The van der Waals surface area contributed by atoms with E-state index in [2.05, 4.69) is 20.9 Å². The molecule has 0 N–H and O–H groups in total. The highest BCUT2D eigenvalue weighted by molar-refractivity contribution is 9.10. The molecule has 0 unspecified atom stereocenters. The predicted octanol–water partition coefficient (Wildman–Crippen LogP) is 6.75. The quantitative estimate of drug-likeness (QED) is 0.394. The number of ether oxygens (including phenoxy) is 2. The van der Waals surface area contributed by atoms with E-state index in [0.717, 1.165) is 26.9 Å². The minimum Gasteiger partial charge on any atom is -0.493 e. The lowest BCUT2D eigenvalue weighted by molar-refractivity contribution is 0.282. The highest BCUT2D eigenvalue weighted by Crippen LogP contribution is 2.37. The summed E-state index contributed by atoms with van der Waals surface area (Å²) in [5.41, 5.74) is 3.97. The molecule has 3 rings (SSSR count). The molecule has 0 heterocycles. The first-order chi connectivity index (χ1) is 13.1. The van der Waals surface area contributed by atoms with Crippen molar-refractivity contribution >= 4 is 39.4 Å². The summed E-state index contributed by atoms with van der Waals surface area (Å²) in [4.78, 5) is 4.57. The monoisotopic (exact) mass is 443 g/mol. The molecule has 0 atom stereocenters. The van der Waals surface area contributed by atoms with Gasteiger partial charge in [-0.3, -0.25) is 4.99 Å². The zero-order valence-corrected chi connectivity index (χ0v) is 17.4. The first-order valence-corrected chi connectivity index (χ1v) is 9.58. The Bertz CT molecular complexity index is 972. The van der Waals surface area contributed by atoms with Gasteiger partial charge in [-0.2, -0.15) is 0 Å². The van der Waals surface area contributed by atoms with Crippen molar-refractivity contribution in [1.82, 2.24) is 0 Å². The molecule has 0 bridgehead atoms. The van der Waals surface area contributed by atoms with Gasteiger partial charge in [-0.25, -0.2) is 0 Å². The number of nitrogens with zero attached hydrogens (tertiary/aromatic N) is 1. The van der Waals surface area contributed by atoms with Crippen LogP contribution in [-0.2, 0) is 6.61 Å². The average molecular weight is 445 g/mol. The summed E-state index contributed by atoms with van der Waals surface area (Å²) in [6.07, 6.45) is 1.82. The largest absolute Gasteiger partial charge is 0.493 e. The molecule has 0 amide bonds. The number of hydrogen-bond acceptors (Lipinski definition) is 3. The van der Waals surface area contributed by atoms with Crippen molar-refractivity contribution in [3.05, 3.63) is 86.8 Å². The fourth-order valence-electron chi connectivity index (χ4n) is 2.59. The van der Waals surface area contributed by atoms with Crippen LogP contribution in [0.5, 0.6) is 11.5 Å². The molecule has 0 aliphatic carbocycles. The first-order valence-electron chi connectivity index (χ1n) is 8.41. The third-order valence-electron chi connectivity index (χ3n) is 3.99. The van der Waals surface area contributed by atoms with Crippen LogP contribution in [0.15, 0.2) is 70.1 Å². The van der Waals surface area contributed by atoms with Crippen LogP contribution in [0.25, 0.3) is 0 Å². The van der Waals surface area contributed by atoms with E-state index in [9.17, 15) is 0 Å². The SMILES string of the molecule is COc1cc(C=Nc2ccccc2C)cc(Br)c1OCc1cccc(Cl)c1. The maximum absolute atomic E-state index is 6.03. The Morgan fingerprint density at radius 3 is 2.63 bits per heavy atom. The van der Waals surface area contributed by atoms with Gasteiger partial charge in [0.1, 0.15) is 6.61 Å². The van der Waals surface area contributed by atoms with E-state index in [1.54, 1.807) is 7.11 Å². The standard InChI is InChI=1S/C22H19BrClNO2/c1-15-6-3-4-9-20(15)25-13-17-11-19(23)22(21(12-17)26-2)27-14-16-7-5-8-18(24)10-16/h3-13H,14H2,1-2H3. The molecule has 3 aromatic rings. The van der Waals surface area contributed by atoms with Crippen LogP contribution in [0.3, 0.4) is 0 Å². The second-order valence-electron chi connectivity index (χ2n) is 6.00. The minimum atomic E-state index is 0.395. The molecule has 5 heteroatoms. The fraction of sp³-hybridized carbons (Fsp3) is 0.136. The van der Waals surface area contributed by atoms with E-state index in [1.807, 2.05) is 73.8 Å². The van der Waals surface area contributed by atoms with Gasteiger partial charge >= 0.3 is 0 Å². The van der Waals surface area contributed by atoms with Gasteiger partial charge in [-0.05, 0) is 69.9 Å². The fourth-order valence-corrected chi connectivity index (χ4v) is 3.38. The molecule has 0 saturated heterocycles. The summed E-state index contributed by atoms with van der Waals surface area (Å²) in [5, 5.41) is 0.685. The van der Waals surface area contributed by atoms with E-state index in [1.165, 1.54) is 0 Å². The number of aryl methyl sites for hydroxylation is 1. The van der Waals surface area contributed by atoms with E-state index < -0.39 is 0 Å². The molecule has 0 aliphatic heterocycles. The number of benzene rings is 3. The summed E-state index contributed by atoms with van der Waals surface area (Å²) in [6, 6.07) is 19.4. The minimum absolute atomic E-state index is 0.395. The molecule has 0 radical (unpaired) electrons. The van der Waals surface area contributed by atoms with Gasteiger partial charge in [0.25, 0.3) is 0 Å². The third kappa shape index (κ3) is 5.12. The highest BCUT2D eigenvalue weighted by Gasteiger charge is 2.12. The molecule has 3 aromatic carbocycles. The normalized spacial score (nSPS) is 11.0. The Labute approximate surface area is 172 Å². The van der Waals surface area contributed by atoms with Gasteiger partial charge in [-0.15, -0.1) is 0 Å².